The molecule has 1 saturated heterocycles. The van der Waals surface area contributed by atoms with Crippen molar-refractivity contribution < 1.29 is 13.2 Å². The van der Waals surface area contributed by atoms with Crippen molar-refractivity contribution in [2.75, 3.05) is 25.4 Å². The molecule has 1 aliphatic rings. The highest BCUT2D eigenvalue weighted by molar-refractivity contribution is 7.89. The Morgan fingerprint density at radius 2 is 2.13 bits per heavy atom. The lowest BCUT2D eigenvalue weighted by atomic mass is 10.1. The van der Waals surface area contributed by atoms with Crippen molar-refractivity contribution in [3.8, 4) is 0 Å². The van der Waals surface area contributed by atoms with Gasteiger partial charge in [0, 0.05) is 19.7 Å². The van der Waals surface area contributed by atoms with Gasteiger partial charge in [0.15, 0.2) is 0 Å². The van der Waals surface area contributed by atoms with E-state index in [0.717, 1.165) is 25.9 Å². The summed E-state index contributed by atoms with van der Waals surface area (Å²) in [5.74, 6) is 0.188. The van der Waals surface area contributed by atoms with E-state index < -0.39 is 10.0 Å². The van der Waals surface area contributed by atoms with E-state index in [1.54, 1.807) is 11.2 Å². The van der Waals surface area contributed by atoms with Crippen LogP contribution in [0, 0.1) is 0 Å². The molecule has 1 unspecified atom stereocenters. The van der Waals surface area contributed by atoms with Gasteiger partial charge in [0.25, 0.3) is 0 Å². The van der Waals surface area contributed by atoms with Crippen LogP contribution in [0.3, 0.4) is 0 Å². The van der Waals surface area contributed by atoms with Crippen molar-refractivity contribution in [2.45, 2.75) is 39.2 Å². The molecule has 15 heavy (non-hydrogen) atoms. The second kappa shape index (κ2) is 5.82. The second-order valence-electron chi connectivity index (χ2n) is 3.89. The summed E-state index contributed by atoms with van der Waals surface area (Å²) >= 11 is 0. The van der Waals surface area contributed by atoms with Gasteiger partial charge in [-0.1, -0.05) is 6.92 Å². The minimum Gasteiger partial charge on any atom is -0.377 e. The minimum atomic E-state index is -3.03. The Bertz CT molecular complexity index is 276. The third kappa shape index (κ3) is 3.74. The first-order valence-corrected chi connectivity index (χ1v) is 7.30. The lowest BCUT2D eigenvalue weighted by Gasteiger charge is -2.31. The van der Waals surface area contributed by atoms with Crippen LogP contribution in [0.15, 0.2) is 0 Å². The van der Waals surface area contributed by atoms with Crippen molar-refractivity contribution in [2.24, 2.45) is 0 Å². The van der Waals surface area contributed by atoms with Crippen LogP contribution in [0.1, 0.15) is 33.1 Å². The maximum absolute atomic E-state index is 11.6. The molecule has 0 aromatic rings. The fourth-order valence-electron chi connectivity index (χ4n) is 1.76. The molecule has 1 rings (SSSR count). The molecule has 5 heteroatoms. The van der Waals surface area contributed by atoms with E-state index in [1.165, 1.54) is 0 Å². The first-order chi connectivity index (χ1) is 7.10. The average Bonchev–Trinajstić information content (AvgIpc) is 2.27. The van der Waals surface area contributed by atoms with Crippen molar-refractivity contribution in [1.82, 2.24) is 4.31 Å². The van der Waals surface area contributed by atoms with Crippen LogP contribution >= 0.6 is 0 Å². The topological polar surface area (TPSA) is 46.6 Å². The largest absolute Gasteiger partial charge is 0.377 e. The van der Waals surface area contributed by atoms with Gasteiger partial charge in [-0.25, -0.2) is 8.42 Å². The van der Waals surface area contributed by atoms with E-state index in [1.807, 2.05) is 0 Å². The van der Waals surface area contributed by atoms with E-state index in [2.05, 4.69) is 6.92 Å². The molecule has 0 aliphatic carbocycles. The zero-order chi connectivity index (χ0) is 11.3. The van der Waals surface area contributed by atoms with Gasteiger partial charge in [0.05, 0.1) is 11.9 Å². The van der Waals surface area contributed by atoms with Gasteiger partial charge in [0.2, 0.25) is 10.0 Å². The van der Waals surface area contributed by atoms with Crippen molar-refractivity contribution >= 4 is 10.0 Å². The lowest BCUT2D eigenvalue weighted by Crippen LogP contribution is -2.43. The Morgan fingerprint density at radius 3 is 2.73 bits per heavy atom. The normalized spacial score (nSPS) is 24.3. The number of sulfonamides is 1. The monoisotopic (exact) mass is 235 g/mol. The van der Waals surface area contributed by atoms with Gasteiger partial charge >= 0.3 is 0 Å². The van der Waals surface area contributed by atoms with E-state index in [4.69, 9.17) is 4.74 Å². The molecular formula is C10H21NO3S. The molecule has 0 radical (unpaired) electrons. The number of hydrogen-bond donors (Lipinski definition) is 0. The highest BCUT2D eigenvalue weighted by Crippen LogP contribution is 2.16. The Balaban J connectivity index is 2.49. The van der Waals surface area contributed by atoms with Crippen LogP contribution in [-0.4, -0.2) is 44.3 Å². The van der Waals surface area contributed by atoms with Crippen molar-refractivity contribution in [1.29, 1.82) is 0 Å². The summed E-state index contributed by atoms with van der Waals surface area (Å²) < 4.78 is 30.5. The fourth-order valence-corrected chi connectivity index (χ4v) is 2.93. The molecule has 1 atom stereocenters. The van der Waals surface area contributed by atoms with E-state index >= 15 is 0 Å². The number of ether oxygens (including phenoxy) is 1. The Morgan fingerprint density at radius 1 is 1.40 bits per heavy atom. The summed E-state index contributed by atoms with van der Waals surface area (Å²) in [5.41, 5.74) is 0. The number of rotatable bonds is 5. The van der Waals surface area contributed by atoms with Gasteiger partial charge in [-0.2, -0.15) is 4.31 Å². The molecular weight excluding hydrogens is 214 g/mol. The molecule has 1 heterocycles. The summed E-state index contributed by atoms with van der Waals surface area (Å²) in [6, 6.07) is 0. The van der Waals surface area contributed by atoms with Crippen LogP contribution in [0.4, 0.5) is 0 Å². The zero-order valence-electron chi connectivity index (χ0n) is 9.61. The van der Waals surface area contributed by atoms with Crippen LogP contribution in [-0.2, 0) is 14.8 Å². The smallest absolute Gasteiger partial charge is 0.213 e. The van der Waals surface area contributed by atoms with E-state index in [0.29, 0.717) is 13.1 Å². The highest BCUT2D eigenvalue weighted by atomic mass is 32.2. The third-order valence-corrected chi connectivity index (χ3v) is 4.50. The van der Waals surface area contributed by atoms with Crippen LogP contribution in [0.5, 0.6) is 0 Å². The molecule has 1 fully saturated rings. The first kappa shape index (κ1) is 12.9. The third-order valence-electron chi connectivity index (χ3n) is 2.66. The average molecular weight is 235 g/mol. The van der Waals surface area contributed by atoms with Gasteiger partial charge in [0.1, 0.15) is 0 Å². The molecule has 0 aromatic carbocycles. The summed E-state index contributed by atoms with van der Waals surface area (Å²) in [6.45, 7) is 5.66. The summed E-state index contributed by atoms with van der Waals surface area (Å²) in [6.07, 6.45) is 2.97. The molecule has 0 saturated carbocycles. The number of nitrogens with zero attached hydrogens (tertiary/aromatic N) is 1. The highest BCUT2D eigenvalue weighted by Gasteiger charge is 2.27. The predicted octanol–water partition coefficient (Wildman–Crippen LogP) is 1.23. The van der Waals surface area contributed by atoms with E-state index in [-0.39, 0.29) is 11.9 Å². The molecule has 0 N–H and O–H groups in total. The molecule has 0 bridgehead atoms. The summed E-state index contributed by atoms with van der Waals surface area (Å²) in [7, 11) is -3.03. The molecule has 4 nitrogen and oxygen atoms in total. The van der Waals surface area contributed by atoms with E-state index in [9.17, 15) is 8.42 Å². The molecule has 1 aliphatic heterocycles. The summed E-state index contributed by atoms with van der Waals surface area (Å²) in [5, 5.41) is 0. The van der Waals surface area contributed by atoms with Gasteiger partial charge in [-0.05, 0) is 26.2 Å². The molecule has 0 amide bonds. The van der Waals surface area contributed by atoms with Crippen molar-refractivity contribution in [3.05, 3.63) is 0 Å². The lowest BCUT2D eigenvalue weighted by molar-refractivity contribution is 0.0194. The minimum absolute atomic E-state index is 0.0972. The Kier molecular flexibility index (Phi) is 5.02. The Hall–Kier alpha value is -0.130. The summed E-state index contributed by atoms with van der Waals surface area (Å²) in [4.78, 5) is 0. The molecule has 0 aromatic heterocycles. The maximum atomic E-state index is 11.6. The van der Waals surface area contributed by atoms with Gasteiger partial charge in [-0.15, -0.1) is 0 Å². The molecule has 90 valence electrons. The SMILES string of the molecule is CCCOC1CCCN(S(=O)(=O)CC)C1. The molecule has 0 spiro atoms. The van der Waals surface area contributed by atoms with Gasteiger partial charge in [-0.3, -0.25) is 0 Å². The quantitative estimate of drug-likeness (QED) is 0.720. The van der Waals surface area contributed by atoms with Crippen LogP contribution < -0.4 is 0 Å². The Labute approximate surface area is 92.7 Å². The maximum Gasteiger partial charge on any atom is 0.213 e. The first-order valence-electron chi connectivity index (χ1n) is 5.69. The number of hydrogen-bond acceptors (Lipinski definition) is 3. The van der Waals surface area contributed by atoms with Gasteiger partial charge < -0.3 is 4.74 Å². The number of piperidine rings is 1. The van der Waals surface area contributed by atoms with Crippen molar-refractivity contribution in [3.63, 3.8) is 0 Å². The van der Waals surface area contributed by atoms with Crippen LogP contribution in [0.2, 0.25) is 0 Å². The fraction of sp³-hybridized carbons (Fsp3) is 1.00. The second-order valence-corrected chi connectivity index (χ2v) is 6.15. The standard InChI is InChI=1S/C10H21NO3S/c1-3-8-14-10-6-5-7-11(9-10)15(12,13)4-2/h10H,3-9H2,1-2H3. The zero-order valence-corrected chi connectivity index (χ0v) is 10.4. The van der Waals surface area contributed by atoms with Crippen LogP contribution in [0.25, 0.3) is 0 Å². The predicted molar refractivity (Wildman–Crippen MR) is 60.3 cm³/mol.